The molecule has 2 saturated heterocycles. The second kappa shape index (κ2) is 12.7. The molecule has 0 aliphatic carbocycles. The number of aromatic nitrogens is 1. The van der Waals surface area contributed by atoms with Gasteiger partial charge < -0.3 is 20.4 Å². The number of carbonyl (C=O) groups excluding carboxylic acids is 2. The van der Waals surface area contributed by atoms with E-state index in [4.69, 9.17) is 0 Å². The molecule has 3 rings (SSSR count). The SMILES string of the molecule is C=C(NCC(F)(F)F)C(=O)C(=O)CNc1cnc(N2CCN(C3CCN(CC)CC3)C(CC)C2)c(C)c1. The second-order valence-corrected chi connectivity index (χ2v) is 9.83. The molecule has 0 amide bonds. The van der Waals surface area contributed by atoms with Crippen LogP contribution in [-0.2, 0) is 9.59 Å². The number of anilines is 2. The summed E-state index contributed by atoms with van der Waals surface area (Å²) in [5.41, 5.74) is 0.929. The van der Waals surface area contributed by atoms with E-state index in [1.807, 2.05) is 18.3 Å². The van der Waals surface area contributed by atoms with Crippen molar-refractivity contribution in [1.29, 1.82) is 0 Å². The number of hydrogen-bond acceptors (Lipinski definition) is 8. The Bertz CT molecular complexity index is 962. The van der Waals surface area contributed by atoms with E-state index in [-0.39, 0.29) is 6.54 Å². The van der Waals surface area contributed by atoms with Crippen LogP contribution in [0.15, 0.2) is 24.5 Å². The van der Waals surface area contributed by atoms with Crippen LogP contribution in [0.2, 0.25) is 0 Å². The second-order valence-electron chi connectivity index (χ2n) is 9.83. The van der Waals surface area contributed by atoms with E-state index in [1.165, 1.54) is 25.9 Å². The maximum absolute atomic E-state index is 12.3. The number of carbonyl (C=O) groups is 2. The lowest BCUT2D eigenvalue weighted by Crippen LogP contribution is -2.58. The molecule has 2 aliphatic rings. The maximum Gasteiger partial charge on any atom is 0.405 e. The Hall–Kier alpha value is -2.66. The van der Waals surface area contributed by atoms with Crippen molar-refractivity contribution in [1.82, 2.24) is 20.1 Å². The first-order valence-electron chi connectivity index (χ1n) is 13.0. The Morgan fingerprint density at radius 1 is 1.16 bits per heavy atom. The van der Waals surface area contributed by atoms with E-state index in [9.17, 15) is 22.8 Å². The molecule has 1 atom stereocenters. The minimum atomic E-state index is -4.51. The van der Waals surface area contributed by atoms with Crippen molar-refractivity contribution in [3.63, 3.8) is 0 Å². The van der Waals surface area contributed by atoms with Gasteiger partial charge in [-0.15, -0.1) is 0 Å². The Balaban J connectivity index is 1.53. The number of piperazine rings is 1. The smallest absolute Gasteiger partial charge is 0.376 e. The lowest BCUT2D eigenvalue weighted by molar-refractivity contribution is -0.135. The van der Waals surface area contributed by atoms with Crippen LogP contribution in [0, 0.1) is 6.92 Å². The number of aryl methyl sites for hydroxylation is 1. The van der Waals surface area contributed by atoms with Gasteiger partial charge in [0.2, 0.25) is 11.6 Å². The van der Waals surface area contributed by atoms with Gasteiger partial charge in [0.1, 0.15) is 12.4 Å². The largest absolute Gasteiger partial charge is 0.405 e. The highest BCUT2D eigenvalue weighted by atomic mass is 19.4. The first-order chi connectivity index (χ1) is 17.5. The lowest BCUT2D eigenvalue weighted by Gasteiger charge is -2.47. The zero-order chi connectivity index (χ0) is 27.2. The number of allylic oxidation sites excluding steroid dienone is 1. The Kier molecular flexibility index (Phi) is 9.94. The number of ketones is 2. The fourth-order valence-electron chi connectivity index (χ4n) is 5.19. The van der Waals surface area contributed by atoms with Crippen molar-refractivity contribution in [2.24, 2.45) is 0 Å². The Morgan fingerprint density at radius 3 is 2.46 bits per heavy atom. The van der Waals surface area contributed by atoms with Crippen LogP contribution >= 0.6 is 0 Å². The molecule has 0 radical (unpaired) electrons. The van der Waals surface area contributed by atoms with Crippen molar-refractivity contribution in [3.05, 3.63) is 30.1 Å². The standard InChI is InChI=1S/C26H39F3N6O2/c1-5-21-16-34(11-12-35(21)22-7-9-33(6-2)10-8-22)25-18(3)13-20(14-31-25)30-15-23(36)24(37)19(4)32-17-26(27,28)29/h13-14,21-22,30,32H,4-12,15-17H2,1-3H3. The average molecular weight is 525 g/mol. The molecule has 1 aromatic rings. The van der Waals surface area contributed by atoms with Crippen LogP contribution < -0.4 is 15.5 Å². The van der Waals surface area contributed by atoms with Gasteiger partial charge in [0.25, 0.3) is 0 Å². The summed E-state index contributed by atoms with van der Waals surface area (Å²) in [7, 11) is 0. The number of pyridine rings is 1. The van der Waals surface area contributed by atoms with Crippen LogP contribution in [0.4, 0.5) is 24.7 Å². The summed E-state index contributed by atoms with van der Waals surface area (Å²) in [6, 6.07) is 2.97. The molecule has 37 heavy (non-hydrogen) atoms. The molecule has 0 bridgehead atoms. The molecular formula is C26H39F3N6O2. The number of nitrogens with zero attached hydrogens (tertiary/aromatic N) is 4. The molecule has 0 spiro atoms. The normalized spacial score (nSPS) is 20.1. The van der Waals surface area contributed by atoms with Gasteiger partial charge in [0, 0.05) is 31.7 Å². The minimum Gasteiger partial charge on any atom is -0.376 e. The highest BCUT2D eigenvalue weighted by Gasteiger charge is 2.33. The number of alkyl halides is 3. The summed E-state index contributed by atoms with van der Waals surface area (Å²) < 4.78 is 36.9. The molecule has 3 heterocycles. The molecule has 2 aliphatic heterocycles. The minimum absolute atomic E-state index is 0.362. The predicted octanol–water partition coefficient (Wildman–Crippen LogP) is 2.99. The number of piperidine rings is 1. The first-order valence-corrected chi connectivity index (χ1v) is 13.0. The maximum atomic E-state index is 12.3. The molecule has 1 unspecified atom stereocenters. The van der Waals surface area contributed by atoms with Gasteiger partial charge in [0.15, 0.2) is 0 Å². The lowest BCUT2D eigenvalue weighted by atomic mass is 9.98. The third kappa shape index (κ3) is 7.91. The van der Waals surface area contributed by atoms with Crippen LogP contribution in [0.1, 0.15) is 38.7 Å². The van der Waals surface area contributed by atoms with Gasteiger partial charge in [-0.3, -0.25) is 14.5 Å². The van der Waals surface area contributed by atoms with Gasteiger partial charge in [0.05, 0.1) is 24.1 Å². The number of likely N-dealkylation sites (tertiary alicyclic amines) is 1. The van der Waals surface area contributed by atoms with Gasteiger partial charge in [-0.1, -0.05) is 20.4 Å². The fourth-order valence-corrected chi connectivity index (χ4v) is 5.19. The van der Waals surface area contributed by atoms with E-state index in [2.05, 4.69) is 45.4 Å². The third-order valence-corrected chi connectivity index (χ3v) is 7.31. The molecule has 206 valence electrons. The summed E-state index contributed by atoms with van der Waals surface area (Å²) in [6.45, 7) is 14.1. The summed E-state index contributed by atoms with van der Waals surface area (Å²) >= 11 is 0. The number of halogens is 3. The summed E-state index contributed by atoms with van der Waals surface area (Å²) in [5, 5.41) is 4.70. The van der Waals surface area contributed by atoms with Crippen molar-refractivity contribution in [3.8, 4) is 0 Å². The molecule has 2 N–H and O–H groups in total. The van der Waals surface area contributed by atoms with Crippen LogP contribution in [0.3, 0.4) is 0 Å². The monoisotopic (exact) mass is 524 g/mol. The quantitative estimate of drug-likeness (QED) is 0.338. The average Bonchev–Trinajstić information content (AvgIpc) is 2.89. The fraction of sp³-hybridized carbons (Fsp3) is 0.654. The number of Topliss-reactive ketones (excluding diaryl/α,β-unsaturated/α-hetero) is 2. The van der Waals surface area contributed by atoms with Crippen molar-refractivity contribution in [2.45, 2.75) is 58.3 Å². The number of nitrogens with one attached hydrogen (secondary N) is 2. The van der Waals surface area contributed by atoms with E-state index >= 15 is 0 Å². The summed E-state index contributed by atoms with van der Waals surface area (Å²) in [4.78, 5) is 36.3. The zero-order valence-corrected chi connectivity index (χ0v) is 22.0. The van der Waals surface area contributed by atoms with Crippen molar-refractivity contribution >= 4 is 23.1 Å². The van der Waals surface area contributed by atoms with Crippen LogP contribution in [-0.4, -0.2) is 97.0 Å². The summed E-state index contributed by atoms with van der Waals surface area (Å²) in [6.07, 6.45) is 0.614. The van der Waals surface area contributed by atoms with E-state index in [0.29, 0.717) is 17.8 Å². The molecule has 0 aromatic carbocycles. The molecule has 8 nitrogen and oxygen atoms in total. The number of rotatable bonds is 11. The van der Waals surface area contributed by atoms with Gasteiger partial charge in [-0.2, -0.15) is 13.2 Å². The molecule has 0 saturated carbocycles. The Morgan fingerprint density at radius 2 is 1.86 bits per heavy atom. The van der Waals surface area contributed by atoms with Gasteiger partial charge in [-0.25, -0.2) is 4.98 Å². The topological polar surface area (TPSA) is 80.8 Å². The highest BCUT2D eigenvalue weighted by molar-refractivity contribution is 6.44. The van der Waals surface area contributed by atoms with Crippen LogP contribution in [0.5, 0.6) is 0 Å². The van der Waals surface area contributed by atoms with Gasteiger partial charge in [-0.05, 0) is 57.5 Å². The van der Waals surface area contributed by atoms with E-state index < -0.39 is 30.0 Å². The van der Waals surface area contributed by atoms with Crippen LogP contribution in [0.25, 0.3) is 0 Å². The van der Waals surface area contributed by atoms with Crippen molar-refractivity contribution < 1.29 is 22.8 Å². The zero-order valence-electron chi connectivity index (χ0n) is 22.0. The first kappa shape index (κ1) is 28.9. The third-order valence-electron chi connectivity index (χ3n) is 7.31. The molecule has 1 aromatic heterocycles. The molecular weight excluding hydrogens is 485 g/mol. The predicted molar refractivity (Wildman–Crippen MR) is 139 cm³/mol. The molecule has 11 heteroatoms. The highest BCUT2D eigenvalue weighted by Crippen LogP contribution is 2.27. The Labute approximate surface area is 217 Å². The van der Waals surface area contributed by atoms with E-state index in [0.717, 1.165) is 44.0 Å². The van der Waals surface area contributed by atoms with Gasteiger partial charge >= 0.3 is 6.18 Å². The molecule has 2 fully saturated rings. The van der Waals surface area contributed by atoms with Crippen molar-refractivity contribution in [2.75, 3.05) is 62.6 Å². The number of hydrogen-bond donors (Lipinski definition) is 2. The summed E-state index contributed by atoms with van der Waals surface area (Å²) in [5.74, 6) is -1.06. The van der Waals surface area contributed by atoms with E-state index in [1.54, 1.807) is 6.20 Å².